The highest BCUT2D eigenvalue weighted by atomic mass is 16.8. The van der Waals surface area contributed by atoms with Crippen LogP contribution in [0.4, 0.5) is 0 Å². The fourth-order valence-electron chi connectivity index (χ4n) is 6.00. The molecule has 1 heterocycles. The van der Waals surface area contributed by atoms with Crippen molar-refractivity contribution in [3.63, 3.8) is 0 Å². The number of ether oxygens (including phenoxy) is 10. The Morgan fingerprint density at radius 3 is 1.06 bits per heavy atom. The van der Waals surface area contributed by atoms with Crippen LogP contribution in [0.2, 0.25) is 0 Å². The van der Waals surface area contributed by atoms with E-state index in [2.05, 4.69) is 13.2 Å². The number of rotatable bonds is 26. The molecule has 1 aliphatic heterocycles. The maximum absolute atomic E-state index is 13.0. The molecule has 16 heteroatoms. The van der Waals surface area contributed by atoms with Crippen LogP contribution in [0.1, 0.15) is 92.8 Å². The zero-order valence-corrected chi connectivity index (χ0v) is 36.4. The predicted molar refractivity (Wildman–Crippen MR) is 236 cm³/mol. The average molecular weight is 909 g/mol. The summed E-state index contributed by atoms with van der Waals surface area (Å²) in [6.45, 7) is 8.56. The molecule has 4 aromatic carbocycles. The average Bonchev–Trinajstić information content (AvgIpc) is 3.34. The van der Waals surface area contributed by atoms with Crippen molar-refractivity contribution < 1.29 is 76.1 Å². The van der Waals surface area contributed by atoms with Gasteiger partial charge in [0, 0.05) is 12.2 Å². The predicted octanol–water partition coefficient (Wildman–Crippen LogP) is 8.17. The van der Waals surface area contributed by atoms with E-state index in [4.69, 9.17) is 47.4 Å². The number of esters is 6. The summed E-state index contributed by atoms with van der Waals surface area (Å²) in [6.07, 6.45) is 6.27. The third-order valence-electron chi connectivity index (χ3n) is 9.53. The van der Waals surface area contributed by atoms with Crippen LogP contribution >= 0.6 is 0 Å². The number of carbonyl (C=O) groups is 6. The Labute approximate surface area is 382 Å². The molecular weight excluding hydrogens is 857 g/mol. The molecule has 0 aromatic heterocycles. The van der Waals surface area contributed by atoms with Gasteiger partial charge in [-0.1, -0.05) is 13.2 Å². The first kappa shape index (κ1) is 49.7. The Morgan fingerprint density at radius 2 is 0.727 bits per heavy atom. The smallest absolute Gasteiger partial charge is 0.343 e. The molecule has 1 fully saturated rings. The molecule has 5 rings (SSSR count). The SMILES string of the molecule is C=CC(=O)OCCCCCCOc1ccc(C(=O)Oc2ccc(C(=O)O[C@@H]3OCCO[C@H]3OC(=O)c3ccc(OC(=O)c4ccc(OCCCCCCOC(=O)C=C)cc4)cc3)cc2)cc1. The van der Waals surface area contributed by atoms with E-state index in [9.17, 15) is 28.8 Å². The first-order valence-electron chi connectivity index (χ1n) is 21.5. The Balaban J connectivity index is 1.000. The van der Waals surface area contributed by atoms with Gasteiger partial charge in [-0.25, -0.2) is 28.8 Å². The van der Waals surface area contributed by atoms with Crippen LogP contribution in [0.15, 0.2) is 122 Å². The highest BCUT2D eigenvalue weighted by Crippen LogP contribution is 2.22. The topological polar surface area (TPSA) is 195 Å². The molecule has 1 saturated heterocycles. The summed E-state index contributed by atoms with van der Waals surface area (Å²) in [5.74, 6) is -2.13. The van der Waals surface area contributed by atoms with Crippen molar-refractivity contribution >= 4 is 35.8 Å². The van der Waals surface area contributed by atoms with Gasteiger partial charge < -0.3 is 47.4 Å². The van der Waals surface area contributed by atoms with Crippen LogP contribution < -0.4 is 18.9 Å². The van der Waals surface area contributed by atoms with Crippen LogP contribution in [0, 0.1) is 0 Å². The first-order valence-corrected chi connectivity index (χ1v) is 21.5. The molecule has 1 aliphatic rings. The number of hydrogen-bond acceptors (Lipinski definition) is 16. The summed E-state index contributed by atoms with van der Waals surface area (Å²) < 4.78 is 54.4. The normalized spacial score (nSPS) is 14.1. The highest BCUT2D eigenvalue weighted by molar-refractivity contribution is 5.93. The third-order valence-corrected chi connectivity index (χ3v) is 9.53. The van der Waals surface area contributed by atoms with E-state index < -0.39 is 48.4 Å². The van der Waals surface area contributed by atoms with Gasteiger partial charge >= 0.3 is 35.8 Å². The minimum atomic E-state index is -1.38. The number of carbonyl (C=O) groups excluding carboxylic acids is 6. The van der Waals surface area contributed by atoms with E-state index in [0.717, 1.165) is 63.5 Å². The van der Waals surface area contributed by atoms with Gasteiger partial charge in [-0.3, -0.25) is 0 Å². The summed E-state index contributed by atoms with van der Waals surface area (Å²) in [5.41, 5.74) is 0.794. The molecule has 4 aromatic rings. The zero-order chi connectivity index (χ0) is 46.9. The van der Waals surface area contributed by atoms with Crippen LogP contribution in [-0.4, -0.2) is 88.0 Å². The van der Waals surface area contributed by atoms with Gasteiger partial charge in [-0.05, 0) is 148 Å². The van der Waals surface area contributed by atoms with E-state index in [0.29, 0.717) is 49.1 Å². The minimum Gasteiger partial charge on any atom is -0.494 e. The van der Waals surface area contributed by atoms with Crippen molar-refractivity contribution in [1.82, 2.24) is 0 Å². The van der Waals surface area contributed by atoms with Gasteiger partial charge in [0.05, 0.1) is 61.9 Å². The summed E-state index contributed by atoms with van der Waals surface area (Å²) in [7, 11) is 0. The molecular formula is C50H52O16. The molecule has 348 valence electrons. The third kappa shape index (κ3) is 17.0. The molecule has 0 bridgehead atoms. The maximum atomic E-state index is 13.0. The second-order valence-corrected chi connectivity index (χ2v) is 14.4. The van der Waals surface area contributed by atoms with Crippen molar-refractivity contribution in [1.29, 1.82) is 0 Å². The molecule has 0 unspecified atom stereocenters. The second kappa shape index (κ2) is 27.1. The second-order valence-electron chi connectivity index (χ2n) is 14.4. The minimum absolute atomic E-state index is 0.0704. The molecule has 0 saturated carbocycles. The van der Waals surface area contributed by atoms with Crippen molar-refractivity contribution in [2.45, 2.75) is 63.9 Å². The number of unbranched alkanes of at least 4 members (excludes halogenated alkanes) is 6. The number of hydrogen-bond donors (Lipinski definition) is 0. The van der Waals surface area contributed by atoms with Gasteiger partial charge in [0.2, 0.25) is 0 Å². The zero-order valence-electron chi connectivity index (χ0n) is 36.4. The van der Waals surface area contributed by atoms with E-state index in [1.165, 1.54) is 48.5 Å². The fourth-order valence-corrected chi connectivity index (χ4v) is 6.00. The van der Waals surface area contributed by atoms with Gasteiger partial charge in [0.1, 0.15) is 23.0 Å². The Hall–Kier alpha value is -7.30. The Bertz CT molecular complexity index is 2060. The molecule has 2 atom stereocenters. The summed E-state index contributed by atoms with van der Waals surface area (Å²) in [5, 5.41) is 0. The lowest BCUT2D eigenvalue weighted by Crippen LogP contribution is -2.44. The Kier molecular flexibility index (Phi) is 20.4. The van der Waals surface area contributed by atoms with Crippen LogP contribution in [-0.2, 0) is 38.0 Å². The monoisotopic (exact) mass is 908 g/mol. The largest absolute Gasteiger partial charge is 0.494 e. The van der Waals surface area contributed by atoms with Crippen molar-refractivity contribution in [3.8, 4) is 23.0 Å². The van der Waals surface area contributed by atoms with Crippen molar-refractivity contribution in [2.24, 2.45) is 0 Å². The van der Waals surface area contributed by atoms with Crippen LogP contribution in [0.5, 0.6) is 23.0 Å². The quantitative estimate of drug-likeness (QED) is 0.0192. The molecule has 0 N–H and O–H groups in total. The summed E-state index contributed by atoms with van der Waals surface area (Å²) in [4.78, 5) is 73.8. The molecule has 0 aliphatic carbocycles. The Morgan fingerprint density at radius 1 is 0.424 bits per heavy atom. The molecule has 0 spiro atoms. The van der Waals surface area contributed by atoms with Gasteiger partial charge in [0.25, 0.3) is 12.6 Å². The van der Waals surface area contributed by atoms with Crippen LogP contribution in [0.3, 0.4) is 0 Å². The number of benzene rings is 4. The van der Waals surface area contributed by atoms with Gasteiger partial charge in [0.15, 0.2) is 0 Å². The van der Waals surface area contributed by atoms with Gasteiger partial charge in [-0.2, -0.15) is 0 Å². The molecule has 16 nitrogen and oxygen atoms in total. The lowest BCUT2D eigenvalue weighted by Gasteiger charge is -2.30. The maximum Gasteiger partial charge on any atom is 0.343 e. The standard InChI is InChI=1S/C50H52O16/c1-3-43(51)59-31-11-7-5-9-29-57-39-21-13-35(14-22-39)45(53)63-41-25-17-37(18-26-41)47(55)65-49-50(62-34-33-61-49)66-48(56)38-19-27-42(28-20-38)64-46(54)36-15-23-40(24-16-36)58-30-10-6-8-12-32-60-44(52)4-2/h3-4,13-28,49-50H,1-2,5-12,29-34H2/t49-,50-/m0/s1. The fraction of sp³-hybridized carbons (Fsp3) is 0.320. The summed E-state index contributed by atoms with van der Waals surface area (Å²) in [6, 6.07) is 24.4. The van der Waals surface area contributed by atoms with Crippen LogP contribution in [0.25, 0.3) is 0 Å². The first-order chi connectivity index (χ1) is 32.1. The lowest BCUT2D eigenvalue weighted by atomic mass is 10.2. The van der Waals surface area contributed by atoms with E-state index >= 15 is 0 Å². The van der Waals surface area contributed by atoms with E-state index in [-0.39, 0.29) is 35.8 Å². The van der Waals surface area contributed by atoms with Crippen molar-refractivity contribution in [2.75, 3.05) is 39.6 Å². The molecule has 0 radical (unpaired) electrons. The van der Waals surface area contributed by atoms with Gasteiger partial charge in [-0.15, -0.1) is 0 Å². The summed E-state index contributed by atoms with van der Waals surface area (Å²) >= 11 is 0. The molecule has 66 heavy (non-hydrogen) atoms. The molecule has 0 amide bonds. The van der Waals surface area contributed by atoms with E-state index in [1.54, 1.807) is 48.5 Å². The highest BCUT2D eigenvalue weighted by Gasteiger charge is 2.34. The van der Waals surface area contributed by atoms with E-state index in [1.807, 2.05) is 0 Å². The lowest BCUT2D eigenvalue weighted by molar-refractivity contribution is -0.288. The van der Waals surface area contributed by atoms with Crippen molar-refractivity contribution in [3.05, 3.63) is 145 Å².